The topological polar surface area (TPSA) is 66.7 Å². The van der Waals surface area contributed by atoms with Crippen LogP contribution in [0.1, 0.15) is 70.5 Å². The number of benzene rings is 1. The van der Waals surface area contributed by atoms with Gasteiger partial charge in [-0.2, -0.15) is 0 Å². The molecule has 2 aliphatic heterocycles. The Balaban J connectivity index is 1.41. The van der Waals surface area contributed by atoms with Gasteiger partial charge in [-0.1, -0.05) is 23.7 Å². The standard InChI is InChI=1S/C22H26ClN3O3/c1-15-19(22(28)25-11-5-2-6-12-25)24-20(29-15)16-9-13-26(14-10-16)21(27)17-7-3-4-8-18(17)23/h3-4,7-8,16H,2,5-6,9-14H2,1H3. The van der Waals surface area contributed by atoms with Crippen molar-refractivity contribution in [3.8, 4) is 0 Å². The van der Waals surface area contributed by atoms with Crippen molar-refractivity contribution in [2.24, 2.45) is 0 Å². The van der Waals surface area contributed by atoms with Crippen molar-refractivity contribution in [3.63, 3.8) is 0 Å². The van der Waals surface area contributed by atoms with E-state index in [1.54, 1.807) is 12.1 Å². The van der Waals surface area contributed by atoms with Crippen molar-refractivity contribution < 1.29 is 14.0 Å². The van der Waals surface area contributed by atoms with Crippen molar-refractivity contribution in [3.05, 3.63) is 52.2 Å². The molecular formula is C22H26ClN3O3. The number of likely N-dealkylation sites (tertiary alicyclic amines) is 2. The number of aromatic nitrogens is 1. The summed E-state index contributed by atoms with van der Waals surface area (Å²) in [6.45, 7) is 4.63. The average Bonchev–Trinajstić information content (AvgIpc) is 3.15. The van der Waals surface area contributed by atoms with Crippen LogP contribution < -0.4 is 0 Å². The van der Waals surface area contributed by atoms with Crippen LogP contribution in [0.25, 0.3) is 0 Å². The maximum atomic E-state index is 12.8. The van der Waals surface area contributed by atoms with E-state index in [1.807, 2.05) is 28.9 Å². The molecule has 0 saturated carbocycles. The van der Waals surface area contributed by atoms with E-state index in [1.165, 1.54) is 6.42 Å². The predicted molar refractivity (Wildman–Crippen MR) is 110 cm³/mol. The number of nitrogens with zero attached hydrogens (tertiary/aromatic N) is 3. The molecule has 29 heavy (non-hydrogen) atoms. The van der Waals surface area contributed by atoms with Gasteiger partial charge in [0.25, 0.3) is 11.8 Å². The lowest BCUT2D eigenvalue weighted by Crippen LogP contribution is -2.38. The highest BCUT2D eigenvalue weighted by Crippen LogP contribution is 2.30. The number of hydrogen-bond acceptors (Lipinski definition) is 4. The number of carbonyl (C=O) groups excluding carboxylic acids is 2. The molecule has 2 aliphatic rings. The fourth-order valence-electron chi connectivity index (χ4n) is 4.17. The van der Waals surface area contributed by atoms with E-state index in [0.29, 0.717) is 41.0 Å². The zero-order chi connectivity index (χ0) is 20.4. The lowest BCUT2D eigenvalue weighted by atomic mass is 9.96. The first-order valence-electron chi connectivity index (χ1n) is 10.3. The van der Waals surface area contributed by atoms with Gasteiger partial charge in [-0.25, -0.2) is 4.98 Å². The highest BCUT2D eigenvalue weighted by molar-refractivity contribution is 6.33. The predicted octanol–water partition coefficient (Wildman–Crippen LogP) is 4.28. The fraction of sp³-hybridized carbons (Fsp3) is 0.500. The molecule has 1 aromatic heterocycles. The molecular weight excluding hydrogens is 390 g/mol. The SMILES string of the molecule is Cc1oc(C2CCN(C(=O)c3ccccc3Cl)CC2)nc1C(=O)N1CCCCC1. The molecule has 2 fully saturated rings. The summed E-state index contributed by atoms with van der Waals surface area (Å²) < 4.78 is 5.88. The van der Waals surface area contributed by atoms with E-state index >= 15 is 0 Å². The first kappa shape index (κ1) is 20.0. The second-order valence-corrected chi connectivity index (χ2v) is 8.26. The second kappa shape index (κ2) is 8.57. The first-order valence-corrected chi connectivity index (χ1v) is 10.7. The van der Waals surface area contributed by atoms with Crippen LogP contribution in [0.3, 0.4) is 0 Å². The molecule has 154 valence electrons. The summed E-state index contributed by atoms with van der Waals surface area (Å²) in [7, 11) is 0. The van der Waals surface area contributed by atoms with Crippen LogP contribution >= 0.6 is 11.6 Å². The third-order valence-electron chi connectivity index (χ3n) is 5.89. The quantitative estimate of drug-likeness (QED) is 0.750. The third kappa shape index (κ3) is 4.17. The van der Waals surface area contributed by atoms with Crippen LogP contribution in [-0.4, -0.2) is 52.8 Å². The Bertz CT molecular complexity index is 896. The fourth-order valence-corrected chi connectivity index (χ4v) is 4.39. The molecule has 0 aliphatic carbocycles. The summed E-state index contributed by atoms with van der Waals surface area (Å²) in [5.74, 6) is 1.26. The molecule has 0 unspecified atom stereocenters. The third-order valence-corrected chi connectivity index (χ3v) is 6.22. The zero-order valence-electron chi connectivity index (χ0n) is 16.7. The van der Waals surface area contributed by atoms with Crippen LogP contribution in [0.2, 0.25) is 5.02 Å². The van der Waals surface area contributed by atoms with Crippen LogP contribution in [-0.2, 0) is 0 Å². The second-order valence-electron chi connectivity index (χ2n) is 7.86. The first-order chi connectivity index (χ1) is 14.0. The van der Waals surface area contributed by atoms with Gasteiger partial charge in [0.2, 0.25) is 0 Å². The van der Waals surface area contributed by atoms with Gasteiger partial charge < -0.3 is 14.2 Å². The van der Waals surface area contributed by atoms with Gasteiger partial charge in [-0.05, 0) is 51.2 Å². The van der Waals surface area contributed by atoms with Crippen LogP contribution in [0.5, 0.6) is 0 Å². The highest BCUT2D eigenvalue weighted by atomic mass is 35.5. The molecule has 0 N–H and O–H groups in total. The molecule has 7 heteroatoms. The number of aryl methyl sites for hydroxylation is 1. The van der Waals surface area contributed by atoms with Gasteiger partial charge in [0, 0.05) is 32.1 Å². The number of rotatable bonds is 3. The molecule has 1 aromatic carbocycles. The summed E-state index contributed by atoms with van der Waals surface area (Å²) in [6, 6.07) is 7.13. The van der Waals surface area contributed by atoms with E-state index in [0.717, 1.165) is 38.8 Å². The van der Waals surface area contributed by atoms with Gasteiger partial charge in [0.05, 0.1) is 10.6 Å². The van der Waals surface area contributed by atoms with Gasteiger partial charge in [0.15, 0.2) is 11.6 Å². The van der Waals surface area contributed by atoms with Crippen LogP contribution in [0, 0.1) is 6.92 Å². The Labute approximate surface area is 175 Å². The Morgan fingerprint density at radius 3 is 2.34 bits per heavy atom. The van der Waals surface area contributed by atoms with Crippen molar-refractivity contribution in [1.82, 2.24) is 14.8 Å². The number of piperidine rings is 2. The minimum Gasteiger partial charge on any atom is -0.445 e. The monoisotopic (exact) mass is 415 g/mol. The van der Waals surface area contributed by atoms with Crippen LogP contribution in [0.4, 0.5) is 0 Å². The molecule has 2 aromatic rings. The van der Waals surface area contributed by atoms with E-state index in [-0.39, 0.29) is 17.7 Å². The summed E-state index contributed by atoms with van der Waals surface area (Å²) in [4.78, 5) is 33.8. The van der Waals surface area contributed by atoms with Crippen molar-refractivity contribution in [2.45, 2.75) is 44.9 Å². The highest BCUT2D eigenvalue weighted by Gasteiger charge is 2.31. The van der Waals surface area contributed by atoms with Gasteiger partial charge in [-0.3, -0.25) is 9.59 Å². The Morgan fingerprint density at radius 2 is 1.66 bits per heavy atom. The molecule has 0 radical (unpaired) electrons. The minimum absolute atomic E-state index is 0.0245. The Kier molecular flexibility index (Phi) is 5.90. The lowest BCUT2D eigenvalue weighted by molar-refractivity contribution is 0.0704. The molecule has 0 atom stereocenters. The van der Waals surface area contributed by atoms with Gasteiger partial charge in [0.1, 0.15) is 5.76 Å². The normalized spacial score (nSPS) is 18.1. The number of carbonyl (C=O) groups is 2. The van der Waals surface area contributed by atoms with Crippen molar-refractivity contribution in [1.29, 1.82) is 0 Å². The van der Waals surface area contributed by atoms with Crippen molar-refractivity contribution in [2.75, 3.05) is 26.2 Å². The number of amides is 2. The van der Waals surface area contributed by atoms with Gasteiger partial charge in [-0.15, -0.1) is 0 Å². The average molecular weight is 416 g/mol. The summed E-state index contributed by atoms with van der Waals surface area (Å²) in [5.41, 5.74) is 0.977. The molecule has 3 heterocycles. The minimum atomic E-state index is -0.0430. The number of oxazole rings is 1. The number of halogens is 1. The molecule has 0 spiro atoms. The molecule has 0 bridgehead atoms. The molecule has 2 amide bonds. The Morgan fingerprint density at radius 1 is 1.00 bits per heavy atom. The van der Waals surface area contributed by atoms with E-state index in [9.17, 15) is 9.59 Å². The zero-order valence-corrected chi connectivity index (χ0v) is 17.5. The summed E-state index contributed by atoms with van der Waals surface area (Å²) >= 11 is 6.17. The van der Waals surface area contributed by atoms with Crippen LogP contribution in [0.15, 0.2) is 28.7 Å². The smallest absolute Gasteiger partial charge is 0.276 e. The maximum absolute atomic E-state index is 12.8. The van der Waals surface area contributed by atoms with Crippen molar-refractivity contribution >= 4 is 23.4 Å². The van der Waals surface area contributed by atoms with E-state index < -0.39 is 0 Å². The van der Waals surface area contributed by atoms with Gasteiger partial charge >= 0.3 is 0 Å². The molecule has 6 nitrogen and oxygen atoms in total. The van der Waals surface area contributed by atoms with E-state index in [2.05, 4.69) is 4.98 Å². The summed E-state index contributed by atoms with van der Waals surface area (Å²) in [5, 5.41) is 0.476. The Hall–Kier alpha value is -2.34. The largest absolute Gasteiger partial charge is 0.445 e. The lowest BCUT2D eigenvalue weighted by Gasteiger charge is -2.31. The molecule has 2 saturated heterocycles. The van der Waals surface area contributed by atoms with E-state index in [4.69, 9.17) is 16.0 Å². The summed E-state index contributed by atoms with van der Waals surface area (Å²) in [6.07, 6.45) is 4.79. The number of hydrogen-bond donors (Lipinski definition) is 0. The molecule has 4 rings (SSSR count). The maximum Gasteiger partial charge on any atom is 0.276 e.